The van der Waals surface area contributed by atoms with Crippen molar-refractivity contribution in [1.29, 1.82) is 0 Å². The molecular formula is C21H15BrCl2N2. The predicted molar refractivity (Wildman–Crippen MR) is 113 cm³/mol. The molecule has 0 aliphatic carbocycles. The Balaban J connectivity index is 1.75. The van der Waals surface area contributed by atoms with Gasteiger partial charge in [-0.3, -0.25) is 5.01 Å². The Bertz CT molecular complexity index is 953. The molecule has 26 heavy (non-hydrogen) atoms. The normalized spacial score (nSPS) is 16.7. The molecule has 2 nitrogen and oxygen atoms in total. The van der Waals surface area contributed by atoms with E-state index in [1.165, 1.54) is 5.56 Å². The predicted octanol–water partition coefficient (Wildman–Crippen LogP) is 7.11. The summed E-state index contributed by atoms with van der Waals surface area (Å²) in [6.07, 6.45) is 0.815. The standard InChI is InChI=1S/C21H15BrCl2N2/c22-16-8-4-15(5-9-16)21-13-20(14-6-10-17(23)11-7-14)25-26(21)19-3-1-2-18(24)12-19/h1-12,21H,13H2/t21-/m0/s1. The van der Waals surface area contributed by atoms with E-state index < -0.39 is 0 Å². The first-order valence-electron chi connectivity index (χ1n) is 8.24. The highest BCUT2D eigenvalue weighted by molar-refractivity contribution is 9.10. The van der Waals surface area contributed by atoms with Gasteiger partial charge in [-0.2, -0.15) is 5.10 Å². The molecule has 3 aromatic carbocycles. The van der Waals surface area contributed by atoms with Crippen molar-refractivity contribution in [3.8, 4) is 0 Å². The molecule has 0 saturated carbocycles. The summed E-state index contributed by atoms with van der Waals surface area (Å²) in [7, 11) is 0. The minimum Gasteiger partial charge on any atom is -0.257 e. The Hall–Kier alpha value is -1.81. The fraction of sp³-hybridized carbons (Fsp3) is 0.0952. The maximum absolute atomic E-state index is 6.21. The SMILES string of the molecule is Clc1ccc(C2=NN(c3cccc(Cl)c3)[C@H](c3ccc(Br)cc3)C2)cc1. The number of anilines is 1. The lowest BCUT2D eigenvalue weighted by molar-refractivity contribution is 0.709. The molecule has 1 aliphatic rings. The molecule has 0 radical (unpaired) electrons. The van der Waals surface area contributed by atoms with Crippen LogP contribution in [0.1, 0.15) is 23.6 Å². The van der Waals surface area contributed by atoms with E-state index >= 15 is 0 Å². The third-order valence-electron chi connectivity index (χ3n) is 4.42. The van der Waals surface area contributed by atoms with Crippen LogP contribution >= 0.6 is 39.1 Å². The molecule has 1 atom stereocenters. The second-order valence-electron chi connectivity index (χ2n) is 6.15. The Labute approximate surface area is 171 Å². The highest BCUT2D eigenvalue weighted by Crippen LogP contribution is 2.37. The van der Waals surface area contributed by atoms with Crippen molar-refractivity contribution in [3.63, 3.8) is 0 Å². The summed E-state index contributed by atoms with van der Waals surface area (Å²) in [6, 6.07) is 24.1. The second kappa shape index (κ2) is 7.43. The smallest absolute Gasteiger partial charge is 0.0831 e. The summed E-state index contributed by atoms with van der Waals surface area (Å²) in [5, 5.41) is 8.40. The molecular weight excluding hydrogens is 431 g/mol. The average molecular weight is 446 g/mol. The van der Waals surface area contributed by atoms with E-state index in [1.807, 2.05) is 48.5 Å². The zero-order valence-corrected chi connectivity index (χ0v) is 16.8. The first-order chi connectivity index (χ1) is 12.6. The van der Waals surface area contributed by atoms with Gasteiger partial charge >= 0.3 is 0 Å². The van der Waals surface area contributed by atoms with Crippen LogP contribution in [-0.4, -0.2) is 5.71 Å². The van der Waals surface area contributed by atoms with E-state index in [0.717, 1.165) is 32.9 Å². The molecule has 130 valence electrons. The van der Waals surface area contributed by atoms with E-state index in [1.54, 1.807) is 0 Å². The second-order valence-corrected chi connectivity index (χ2v) is 7.94. The van der Waals surface area contributed by atoms with Gasteiger partial charge < -0.3 is 0 Å². The van der Waals surface area contributed by atoms with Gasteiger partial charge in [0.2, 0.25) is 0 Å². The molecule has 0 saturated heterocycles. The first kappa shape index (κ1) is 17.6. The molecule has 4 rings (SSSR count). The van der Waals surface area contributed by atoms with Gasteiger partial charge in [-0.05, 0) is 53.6 Å². The van der Waals surface area contributed by atoms with Gasteiger partial charge in [-0.1, -0.05) is 69.5 Å². The molecule has 0 N–H and O–H groups in total. The molecule has 0 unspecified atom stereocenters. The van der Waals surface area contributed by atoms with Crippen LogP contribution in [0.4, 0.5) is 5.69 Å². The summed E-state index contributed by atoms with van der Waals surface area (Å²) in [5.41, 5.74) is 4.31. The topological polar surface area (TPSA) is 15.6 Å². The third-order valence-corrected chi connectivity index (χ3v) is 5.43. The van der Waals surface area contributed by atoms with Gasteiger partial charge in [0, 0.05) is 20.9 Å². The van der Waals surface area contributed by atoms with Crippen LogP contribution in [0.15, 0.2) is 82.4 Å². The van der Waals surface area contributed by atoms with Gasteiger partial charge in [-0.15, -0.1) is 0 Å². The largest absolute Gasteiger partial charge is 0.257 e. The number of nitrogens with zero attached hydrogens (tertiary/aromatic N) is 2. The van der Waals surface area contributed by atoms with Gasteiger partial charge in [0.05, 0.1) is 17.4 Å². The Morgan fingerprint density at radius 2 is 1.62 bits per heavy atom. The van der Waals surface area contributed by atoms with Crippen molar-refractivity contribution in [3.05, 3.63) is 98.4 Å². The maximum atomic E-state index is 6.21. The van der Waals surface area contributed by atoms with E-state index in [0.29, 0.717) is 5.02 Å². The van der Waals surface area contributed by atoms with Gasteiger partial charge in [0.15, 0.2) is 0 Å². The highest BCUT2D eigenvalue weighted by Gasteiger charge is 2.30. The monoisotopic (exact) mass is 444 g/mol. The molecule has 0 bridgehead atoms. The van der Waals surface area contributed by atoms with Crippen LogP contribution in [0.25, 0.3) is 0 Å². The van der Waals surface area contributed by atoms with E-state index in [2.05, 4.69) is 45.2 Å². The summed E-state index contributed by atoms with van der Waals surface area (Å²) in [4.78, 5) is 0. The van der Waals surface area contributed by atoms with Crippen LogP contribution in [0.3, 0.4) is 0 Å². The fourth-order valence-electron chi connectivity index (χ4n) is 3.13. The Morgan fingerprint density at radius 3 is 2.31 bits per heavy atom. The summed E-state index contributed by atoms with van der Waals surface area (Å²) < 4.78 is 1.06. The van der Waals surface area contributed by atoms with E-state index in [-0.39, 0.29) is 6.04 Å². The van der Waals surface area contributed by atoms with Gasteiger partial charge in [0.25, 0.3) is 0 Å². The Kier molecular flexibility index (Phi) is 5.03. The molecule has 1 heterocycles. The van der Waals surface area contributed by atoms with Crippen molar-refractivity contribution >= 4 is 50.5 Å². The molecule has 5 heteroatoms. The van der Waals surface area contributed by atoms with Crippen LogP contribution in [0, 0.1) is 0 Å². The molecule has 0 amide bonds. The molecule has 0 aromatic heterocycles. The van der Waals surface area contributed by atoms with Gasteiger partial charge in [-0.25, -0.2) is 0 Å². The average Bonchev–Trinajstić information content (AvgIpc) is 3.08. The van der Waals surface area contributed by atoms with Crippen LogP contribution in [0.2, 0.25) is 10.0 Å². The number of hydrogen-bond acceptors (Lipinski definition) is 2. The third kappa shape index (κ3) is 3.66. The van der Waals surface area contributed by atoms with Crippen LogP contribution in [0.5, 0.6) is 0 Å². The van der Waals surface area contributed by atoms with Gasteiger partial charge in [0.1, 0.15) is 0 Å². The summed E-state index contributed by atoms with van der Waals surface area (Å²) >= 11 is 15.7. The number of benzene rings is 3. The lowest BCUT2D eigenvalue weighted by atomic mass is 9.98. The number of rotatable bonds is 3. The number of halogens is 3. The molecule has 3 aromatic rings. The van der Waals surface area contributed by atoms with E-state index in [9.17, 15) is 0 Å². The maximum Gasteiger partial charge on any atom is 0.0831 e. The molecule has 1 aliphatic heterocycles. The minimum atomic E-state index is 0.118. The fourth-order valence-corrected chi connectivity index (χ4v) is 3.70. The minimum absolute atomic E-state index is 0.118. The van der Waals surface area contributed by atoms with Crippen molar-refractivity contribution in [1.82, 2.24) is 0 Å². The lowest BCUT2D eigenvalue weighted by Crippen LogP contribution is -2.18. The Morgan fingerprint density at radius 1 is 0.885 bits per heavy atom. The van der Waals surface area contributed by atoms with E-state index in [4.69, 9.17) is 28.3 Å². The molecule has 0 fully saturated rings. The molecule has 0 spiro atoms. The van der Waals surface area contributed by atoms with Crippen LogP contribution in [-0.2, 0) is 0 Å². The van der Waals surface area contributed by atoms with Crippen molar-refractivity contribution in [2.75, 3.05) is 5.01 Å². The van der Waals surface area contributed by atoms with Crippen LogP contribution < -0.4 is 5.01 Å². The first-order valence-corrected chi connectivity index (χ1v) is 9.79. The van der Waals surface area contributed by atoms with Crippen molar-refractivity contribution < 1.29 is 0 Å². The van der Waals surface area contributed by atoms with Crippen molar-refractivity contribution in [2.24, 2.45) is 5.10 Å². The number of hydrazone groups is 1. The zero-order valence-electron chi connectivity index (χ0n) is 13.7. The number of hydrogen-bond donors (Lipinski definition) is 0. The summed E-state index contributed by atoms with van der Waals surface area (Å²) in [5.74, 6) is 0. The summed E-state index contributed by atoms with van der Waals surface area (Å²) in [6.45, 7) is 0. The van der Waals surface area contributed by atoms with Crippen molar-refractivity contribution in [2.45, 2.75) is 12.5 Å². The lowest BCUT2D eigenvalue weighted by Gasteiger charge is -2.24. The highest BCUT2D eigenvalue weighted by atomic mass is 79.9. The quantitative estimate of drug-likeness (QED) is 0.419. The zero-order chi connectivity index (χ0) is 18.1.